The van der Waals surface area contributed by atoms with Gasteiger partial charge >= 0.3 is 0 Å². The number of aliphatic hydroxyl groups is 1. The van der Waals surface area contributed by atoms with Gasteiger partial charge in [-0.25, -0.2) is 0 Å². The van der Waals surface area contributed by atoms with Gasteiger partial charge in [0.2, 0.25) is 0 Å². The van der Waals surface area contributed by atoms with Crippen molar-refractivity contribution in [2.45, 2.75) is 25.9 Å². The van der Waals surface area contributed by atoms with E-state index in [0.29, 0.717) is 45.4 Å². The summed E-state index contributed by atoms with van der Waals surface area (Å²) in [5, 5.41) is 17.3. The highest BCUT2D eigenvalue weighted by atomic mass is 16.5. The normalized spacial score (nSPS) is 19.4. The molecule has 0 radical (unpaired) electrons. The molecule has 9 heteroatoms. The summed E-state index contributed by atoms with van der Waals surface area (Å²) in [5.41, 5.74) is -0.0950. The smallest absolute Gasteiger partial charge is 0.265 e. The second-order valence-corrected chi connectivity index (χ2v) is 8.16. The molecule has 1 atom stereocenters. The van der Waals surface area contributed by atoms with E-state index in [2.05, 4.69) is 20.5 Å². The van der Waals surface area contributed by atoms with E-state index in [4.69, 9.17) is 9.47 Å². The first-order chi connectivity index (χ1) is 15.0. The molecule has 9 nitrogen and oxygen atoms in total. The Hall–Kier alpha value is -2.36. The first kappa shape index (κ1) is 23.3. The highest BCUT2D eigenvalue weighted by molar-refractivity contribution is 5.97. The van der Waals surface area contributed by atoms with Crippen LogP contribution in [0.5, 0.6) is 5.75 Å². The van der Waals surface area contributed by atoms with Crippen molar-refractivity contribution in [3.05, 3.63) is 24.3 Å². The maximum Gasteiger partial charge on any atom is 0.265 e. The molecule has 0 saturated carbocycles. The number of nitrogens with one attached hydrogen (secondary N) is 2. The van der Waals surface area contributed by atoms with Crippen LogP contribution in [-0.4, -0.2) is 93.1 Å². The molecule has 0 aliphatic carbocycles. The number of rotatable bonds is 9. The highest BCUT2D eigenvalue weighted by Gasteiger charge is 2.26. The van der Waals surface area contributed by atoms with E-state index < -0.39 is 5.60 Å². The van der Waals surface area contributed by atoms with Crippen LogP contribution in [0.3, 0.4) is 0 Å². The van der Waals surface area contributed by atoms with Gasteiger partial charge in [0.25, 0.3) is 5.91 Å². The van der Waals surface area contributed by atoms with Gasteiger partial charge in [-0.15, -0.1) is 0 Å². The quantitative estimate of drug-likeness (QED) is 0.295. The number of carbonyl (C=O) groups is 1. The summed E-state index contributed by atoms with van der Waals surface area (Å²) >= 11 is 0. The van der Waals surface area contributed by atoms with Crippen LogP contribution in [0.25, 0.3) is 0 Å². The van der Waals surface area contributed by atoms with Crippen LogP contribution < -0.4 is 20.3 Å². The second kappa shape index (κ2) is 11.3. The lowest BCUT2D eigenvalue weighted by Crippen LogP contribution is -2.48. The average Bonchev–Trinajstić information content (AvgIpc) is 2.76. The largest absolute Gasteiger partial charge is 0.482 e. The SMILES string of the molecule is CCNC(=NCC(C)(O)CN1CCOCC1)NCCCN1C(=O)COc2ccccc21. The van der Waals surface area contributed by atoms with Gasteiger partial charge in [0.15, 0.2) is 12.6 Å². The maximum absolute atomic E-state index is 12.3. The summed E-state index contributed by atoms with van der Waals surface area (Å²) in [5.74, 6) is 1.38. The third kappa shape index (κ3) is 7.09. The summed E-state index contributed by atoms with van der Waals surface area (Å²) in [7, 11) is 0. The molecule has 1 aromatic rings. The van der Waals surface area contributed by atoms with Crippen LogP contribution in [0.2, 0.25) is 0 Å². The third-order valence-corrected chi connectivity index (χ3v) is 5.25. The summed E-state index contributed by atoms with van der Waals surface area (Å²) in [6, 6.07) is 7.60. The van der Waals surface area contributed by atoms with Crippen molar-refractivity contribution < 1.29 is 19.4 Å². The van der Waals surface area contributed by atoms with Crippen LogP contribution in [0, 0.1) is 0 Å². The van der Waals surface area contributed by atoms with Crippen LogP contribution in [0.15, 0.2) is 29.3 Å². The number of fused-ring (bicyclic) bond motifs is 1. The summed E-state index contributed by atoms with van der Waals surface area (Å²) in [4.78, 5) is 20.8. The number of hydrogen-bond donors (Lipinski definition) is 3. The van der Waals surface area contributed by atoms with E-state index in [0.717, 1.165) is 37.5 Å². The van der Waals surface area contributed by atoms with Gasteiger partial charge in [0.1, 0.15) is 5.75 Å². The summed E-state index contributed by atoms with van der Waals surface area (Å²) in [6.07, 6.45) is 0.759. The van der Waals surface area contributed by atoms with Gasteiger partial charge in [0, 0.05) is 39.3 Å². The van der Waals surface area contributed by atoms with Crippen LogP contribution >= 0.6 is 0 Å². The van der Waals surface area contributed by atoms with E-state index in [1.807, 2.05) is 38.1 Å². The van der Waals surface area contributed by atoms with Crippen LogP contribution in [0.4, 0.5) is 5.69 Å². The van der Waals surface area contributed by atoms with Gasteiger partial charge in [0.05, 0.1) is 31.0 Å². The lowest BCUT2D eigenvalue weighted by Gasteiger charge is -2.33. The van der Waals surface area contributed by atoms with Crippen molar-refractivity contribution in [1.82, 2.24) is 15.5 Å². The maximum atomic E-state index is 12.3. The molecule has 1 unspecified atom stereocenters. The molecule has 3 rings (SSSR count). The van der Waals surface area contributed by atoms with Gasteiger partial charge in [-0.05, 0) is 32.4 Å². The van der Waals surface area contributed by atoms with Crippen LogP contribution in [-0.2, 0) is 9.53 Å². The Labute approximate surface area is 184 Å². The third-order valence-electron chi connectivity index (χ3n) is 5.25. The number of nitrogens with zero attached hydrogens (tertiary/aromatic N) is 3. The van der Waals surface area contributed by atoms with Gasteiger partial charge in [-0.3, -0.25) is 14.7 Å². The number of carbonyl (C=O) groups excluding carboxylic acids is 1. The number of para-hydroxylation sites is 2. The molecule has 0 aromatic heterocycles. The van der Waals surface area contributed by atoms with Gasteiger partial charge in [-0.1, -0.05) is 12.1 Å². The lowest BCUT2D eigenvalue weighted by molar-refractivity contribution is -0.121. The number of β-amino-alcohol motifs (C(OH)–C–C–N with tert-alkyl or cyclic N) is 1. The molecule has 3 N–H and O–H groups in total. The number of amides is 1. The van der Waals surface area contributed by atoms with Crippen molar-refractivity contribution in [2.24, 2.45) is 4.99 Å². The van der Waals surface area contributed by atoms with Crippen molar-refractivity contribution >= 4 is 17.6 Å². The Bertz CT molecular complexity index is 749. The molecule has 172 valence electrons. The zero-order valence-electron chi connectivity index (χ0n) is 18.6. The number of morpholine rings is 1. The minimum absolute atomic E-state index is 0.0292. The molecule has 1 aromatic carbocycles. The molecular formula is C22H35N5O4. The lowest BCUT2D eigenvalue weighted by atomic mass is 10.1. The van der Waals surface area contributed by atoms with E-state index in [-0.39, 0.29) is 12.5 Å². The first-order valence-electron chi connectivity index (χ1n) is 11.1. The number of ether oxygens (including phenoxy) is 2. The first-order valence-corrected chi connectivity index (χ1v) is 11.1. The minimum atomic E-state index is -0.913. The second-order valence-electron chi connectivity index (χ2n) is 8.16. The number of anilines is 1. The molecule has 1 saturated heterocycles. The highest BCUT2D eigenvalue weighted by Crippen LogP contribution is 2.31. The Balaban J connectivity index is 1.47. The van der Waals surface area contributed by atoms with Crippen molar-refractivity contribution in [1.29, 1.82) is 0 Å². The predicted molar refractivity (Wildman–Crippen MR) is 121 cm³/mol. The Morgan fingerprint density at radius 1 is 1.26 bits per heavy atom. The predicted octanol–water partition coefficient (Wildman–Crippen LogP) is 0.440. The molecule has 2 aliphatic heterocycles. The van der Waals surface area contributed by atoms with E-state index >= 15 is 0 Å². The molecule has 1 amide bonds. The minimum Gasteiger partial charge on any atom is -0.482 e. The zero-order valence-corrected chi connectivity index (χ0v) is 18.6. The topological polar surface area (TPSA) is 98.7 Å². The van der Waals surface area contributed by atoms with E-state index in [1.54, 1.807) is 4.90 Å². The Kier molecular flexibility index (Phi) is 8.51. The molecule has 2 heterocycles. The number of benzene rings is 1. The summed E-state index contributed by atoms with van der Waals surface area (Å²) < 4.78 is 10.9. The molecule has 0 spiro atoms. The Morgan fingerprint density at radius 2 is 2.03 bits per heavy atom. The number of hydrogen-bond acceptors (Lipinski definition) is 6. The summed E-state index contributed by atoms with van der Waals surface area (Å²) in [6.45, 7) is 9.84. The fourth-order valence-corrected chi connectivity index (χ4v) is 3.73. The standard InChI is InChI=1S/C22H35N5O4/c1-3-23-21(25-16-22(2,29)17-26-11-13-30-14-12-26)24-9-6-10-27-18-7-4-5-8-19(18)31-15-20(27)28/h4-5,7-8,29H,3,6,9-17H2,1-2H3,(H2,23,24,25). The molecule has 2 aliphatic rings. The monoisotopic (exact) mass is 433 g/mol. The van der Waals surface area contributed by atoms with Crippen molar-refractivity contribution in [3.63, 3.8) is 0 Å². The number of aliphatic imine (C=N–C) groups is 1. The zero-order chi connectivity index (χ0) is 22.1. The molecule has 1 fully saturated rings. The fourth-order valence-electron chi connectivity index (χ4n) is 3.73. The van der Waals surface area contributed by atoms with Crippen molar-refractivity contribution in [2.75, 3.05) is 70.5 Å². The fraction of sp³-hybridized carbons (Fsp3) is 0.636. The molecule has 0 bridgehead atoms. The van der Waals surface area contributed by atoms with E-state index in [1.165, 1.54) is 0 Å². The molecular weight excluding hydrogens is 398 g/mol. The Morgan fingerprint density at radius 3 is 2.81 bits per heavy atom. The van der Waals surface area contributed by atoms with E-state index in [9.17, 15) is 9.90 Å². The van der Waals surface area contributed by atoms with Crippen LogP contribution in [0.1, 0.15) is 20.3 Å². The van der Waals surface area contributed by atoms with Gasteiger partial charge < -0.3 is 30.1 Å². The number of guanidine groups is 1. The van der Waals surface area contributed by atoms with Gasteiger partial charge in [-0.2, -0.15) is 0 Å². The van der Waals surface area contributed by atoms with Crippen molar-refractivity contribution in [3.8, 4) is 5.75 Å². The molecule has 31 heavy (non-hydrogen) atoms. The average molecular weight is 434 g/mol.